The summed E-state index contributed by atoms with van der Waals surface area (Å²) >= 11 is 3.25. The zero-order valence-corrected chi connectivity index (χ0v) is 16.2. The molecule has 1 saturated heterocycles. The summed E-state index contributed by atoms with van der Waals surface area (Å²) < 4.78 is 23.9. The topological polar surface area (TPSA) is 92.5 Å². The molecule has 1 fully saturated rings. The molecule has 3 N–H and O–H groups in total. The van der Waals surface area contributed by atoms with Crippen LogP contribution in [0.5, 0.6) is 0 Å². The van der Waals surface area contributed by atoms with E-state index in [1.165, 1.54) is 6.07 Å². The zero-order valence-electron chi connectivity index (χ0n) is 13.0. The van der Waals surface area contributed by atoms with Crippen molar-refractivity contribution in [2.75, 3.05) is 26.7 Å². The Labute approximate surface area is 151 Å². The van der Waals surface area contributed by atoms with Crippen LogP contribution in [0.2, 0.25) is 0 Å². The third kappa shape index (κ3) is 4.67. The van der Waals surface area contributed by atoms with Crippen LogP contribution < -0.4 is 10.5 Å². The Morgan fingerprint density at radius 2 is 2.13 bits per heavy atom. The molecule has 2 rings (SSSR count). The molecule has 1 heterocycles. The molecule has 0 spiro atoms. The first-order valence-corrected chi connectivity index (χ1v) is 9.34. The number of amides is 1. The molecule has 1 aromatic carbocycles. The Kier molecular flexibility index (Phi) is 7.03. The highest BCUT2D eigenvalue weighted by Gasteiger charge is 2.28. The highest BCUT2D eigenvalue weighted by atomic mass is 79.9. The molecule has 1 aliphatic heterocycles. The van der Waals surface area contributed by atoms with Crippen molar-refractivity contribution < 1.29 is 13.2 Å². The maximum Gasteiger partial charge on any atom is 0.254 e. The molecule has 1 atom stereocenters. The number of likely N-dealkylation sites (tertiary alicyclic amines) is 1. The van der Waals surface area contributed by atoms with E-state index in [4.69, 9.17) is 5.14 Å². The van der Waals surface area contributed by atoms with E-state index < -0.39 is 10.0 Å². The van der Waals surface area contributed by atoms with Crippen molar-refractivity contribution in [3.05, 3.63) is 27.7 Å². The molecule has 1 amide bonds. The predicted molar refractivity (Wildman–Crippen MR) is 95.4 cm³/mol. The van der Waals surface area contributed by atoms with Crippen molar-refractivity contribution >= 4 is 44.3 Å². The second-order valence-corrected chi connectivity index (χ2v) is 8.03. The fraction of sp³-hybridized carbons (Fsp3) is 0.500. The monoisotopic (exact) mass is 425 g/mol. The van der Waals surface area contributed by atoms with Gasteiger partial charge in [0.1, 0.15) is 0 Å². The normalized spacial score (nSPS) is 17.9. The van der Waals surface area contributed by atoms with Gasteiger partial charge in [0.05, 0.1) is 4.90 Å². The third-order valence-corrected chi connectivity index (χ3v) is 5.42. The Balaban J connectivity index is 0.00000264. The molecular weight excluding hydrogens is 406 g/mol. The van der Waals surface area contributed by atoms with E-state index in [1.807, 2.05) is 7.05 Å². The molecule has 9 heteroatoms. The number of nitrogens with two attached hydrogens (primary N) is 1. The molecule has 0 bridgehead atoms. The van der Waals surface area contributed by atoms with Gasteiger partial charge in [0.15, 0.2) is 0 Å². The van der Waals surface area contributed by atoms with Gasteiger partial charge in [-0.1, -0.05) is 15.9 Å². The second kappa shape index (κ2) is 7.94. The lowest BCUT2D eigenvalue weighted by molar-refractivity contribution is 0.0786. The SMILES string of the molecule is CNCC1CCN(C(=O)c2cc(Br)cc(S(N)(=O)=O)c2C)C1.Cl. The van der Waals surface area contributed by atoms with E-state index >= 15 is 0 Å². The minimum Gasteiger partial charge on any atom is -0.338 e. The molecule has 0 radical (unpaired) electrons. The van der Waals surface area contributed by atoms with Gasteiger partial charge < -0.3 is 10.2 Å². The molecular formula is C14H21BrClN3O3S. The third-order valence-electron chi connectivity index (χ3n) is 3.93. The molecule has 130 valence electrons. The van der Waals surface area contributed by atoms with Crippen molar-refractivity contribution in [3.63, 3.8) is 0 Å². The number of carbonyl (C=O) groups is 1. The largest absolute Gasteiger partial charge is 0.338 e. The van der Waals surface area contributed by atoms with Gasteiger partial charge in [-0.05, 0) is 50.6 Å². The Morgan fingerprint density at radius 3 is 2.70 bits per heavy atom. The zero-order chi connectivity index (χ0) is 16.5. The number of hydrogen-bond acceptors (Lipinski definition) is 4. The van der Waals surface area contributed by atoms with Crippen LogP contribution in [0.1, 0.15) is 22.3 Å². The summed E-state index contributed by atoms with van der Waals surface area (Å²) in [5.74, 6) is 0.279. The number of halogens is 2. The Bertz CT molecular complexity index is 697. The number of primary sulfonamides is 1. The van der Waals surface area contributed by atoms with E-state index in [0.717, 1.165) is 13.0 Å². The number of hydrogen-bond donors (Lipinski definition) is 2. The van der Waals surface area contributed by atoms with E-state index in [2.05, 4.69) is 21.2 Å². The maximum atomic E-state index is 12.7. The van der Waals surface area contributed by atoms with E-state index in [-0.39, 0.29) is 23.2 Å². The van der Waals surface area contributed by atoms with Crippen molar-refractivity contribution in [1.82, 2.24) is 10.2 Å². The molecule has 23 heavy (non-hydrogen) atoms. The van der Waals surface area contributed by atoms with Gasteiger partial charge >= 0.3 is 0 Å². The summed E-state index contributed by atoms with van der Waals surface area (Å²) in [6.45, 7) is 3.84. The number of sulfonamides is 1. The van der Waals surface area contributed by atoms with E-state index in [1.54, 1.807) is 17.9 Å². The number of benzene rings is 1. The minimum atomic E-state index is -3.87. The quantitative estimate of drug-likeness (QED) is 0.763. The Hall–Kier alpha value is -0.670. The van der Waals surface area contributed by atoms with Crippen LogP contribution >= 0.6 is 28.3 Å². The van der Waals surface area contributed by atoms with Crippen LogP contribution in [0.15, 0.2) is 21.5 Å². The van der Waals surface area contributed by atoms with Gasteiger partial charge in [0.2, 0.25) is 10.0 Å². The first kappa shape index (κ1) is 20.4. The molecule has 1 aromatic rings. The summed E-state index contributed by atoms with van der Waals surface area (Å²) in [6.07, 6.45) is 0.946. The van der Waals surface area contributed by atoms with Crippen LogP contribution in [0.4, 0.5) is 0 Å². The van der Waals surface area contributed by atoms with Gasteiger partial charge in [0, 0.05) is 23.1 Å². The van der Waals surface area contributed by atoms with Crippen molar-refractivity contribution in [3.8, 4) is 0 Å². The van der Waals surface area contributed by atoms with Crippen molar-refractivity contribution in [2.45, 2.75) is 18.2 Å². The molecule has 6 nitrogen and oxygen atoms in total. The van der Waals surface area contributed by atoms with E-state index in [9.17, 15) is 13.2 Å². The van der Waals surface area contributed by atoms with Crippen molar-refractivity contribution in [1.29, 1.82) is 0 Å². The predicted octanol–water partition coefficient (Wildman–Crippen LogP) is 1.51. The first-order chi connectivity index (χ1) is 10.2. The van der Waals surface area contributed by atoms with Gasteiger partial charge in [-0.3, -0.25) is 4.79 Å². The summed E-state index contributed by atoms with van der Waals surface area (Å²) in [4.78, 5) is 14.4. The lowest BCUT2D eigenvalue weighted by Gasteiger charge is -2.19. The number of nitrogens with zero attached hydrogens (tertiary/aromatic N) is 1. The molecule has 1 unspecified atom stereocenters. The van der Waals surface area contributed by atoms with Crippen LogP contribution in [0.25, 0.3) is 0 Å². The van der Waals surface area contributed by atoms with Crippen molar-refractivity contribution in [2.24, 2.45) is 11.1 Å². The van der Waals surface area contributed by atoms with Gasteiger partial charge in [0.25, 0.3) is 5.91 Å². The molecule has 1 aliphatic rings. The fourth-order valence-corrected chi connectivity index (χ4v) is 4.25. The second-order valence-electron chi connectivity index (χ2n) is 5.59. The minimum absolute atomic E-state index is 0. The lowest BCUT2D eigenvalue weighted by Crippen LogP contribution is -2.31. The van der Waals surface area contributed by atoms with Crippen LogP contribution in [0, 0.1) is 12.8 Å². The summed E-state index contributed by atoms with van der Waals surface area (Å²) in [5, 5.41) is 8.35. The van der Waals surface area contributed by atoms with Crippen LogP contribution in [-0.4, -0.2) is 45.9 Å². The highest BCUT2D eigenvalue weighted by molar-refractivity contribution is 9.10. The summed E-state index contributed by atoms with van der Waals surface area (Å²) in [7, 11) is -1.98. The summed E-state index contributed by atoms with van der Waals surface area (Å²) in [5.41, 5.74) is 0.774. The van der Waals surface area contributed by atoms with Gasteiger partial charge in [-0.15, -0.1) is 12.4 Å². The van der Waals surface area contributed by atoms with Crippen LogP contribution in [-0.2, 0) is 10.0 Å². The van der Waals surface area contributed by atoms with Gasteiger partial charge in [-0.2, -0.15) is 0 Å². The average molecular weight is 427 g/mol. The number of carbonyl (C=O) groups excluding carboxylic acids is 1. The average Bonchev–Trinajstić information content (AvgIpc) is 2.88. The molecule has 0 aliphatic carbocycles. The molecule has 0 aromatic heterocycles. The highest BCUT2D eigenvalue weighted by Crippen LogP contribution is 2.27. The number of nitrogens with one attached hydrogen (secondary N) is 1. The smallest absolute Gasteiger partial charge is 0.254 e. The summed E-state index contributed by atoms with van der Waals surface area (Å²) in [6, 6.07) is 3.08. The van der Waals surface area contributed by atoms with E-state index in [0.29, 0.717) is 34.6 Å². The fourth-order valence-electron chi connectivity index (χ4n) is 2.81. The van der Waals surface area contributed by atoms with Gasteiger partial charge in [-0.25, -0.2) is 13.6 Å². The standard InChI is InChI=1S/C14H20BrN3O3S.ClH/c1-9-12(5-11(15)6-13(9)22(16,20)21)14(19)18-4-3-10(8-18)7-17-2;/h5-6,10,17H,3-4,7-8H2,1-2H3,(H2,16,20,21);1H. The Morgan fingerprint density at radius 1 is 1.48 bits per heavy atom. The lowest BCUT2D eigenvalue weighted by atomic mass is 10.1. The number of rotatable bonds is 4. The maximum absolute atomic E-state index is 12.7. The molecule has 0 saturated carbocycles. The first-order valence-electron chi connectivity index (χ1n) is 7.01. The van der Waals surface area contributed by atoms with Crippen LogP contribution in [0.3, 0.4) is 0 Å².